The smallest absolute Gasteiger partial charge is 0.141 e. The van der Waals surface area contributed by atoms with Gasteiger partial charge in [0.25, 0.3) is 0 Å². The second kappa shape index (κ2) is 4.13. The average Bonchev–Trinajstić information content (AvgIpc) is 2.09. The topological polar surface area (TPSA) is 59.1 Å². The third kappa shape index (κ3) is 2.56. The van der Waals surface area contributed by atoms with Crippen LogP contribution in [-0.4, -0.2) is 22.7 Å². The van der Waals surface area contributed by atoms with Crippen LogP contribution in [0.5, 0.6) is 0 Å². The Morgan fingerprint density at radius 2 is 2.33 bits per heavy atom. The van der Waals surface area contributed by atoms with Crippen LogP contribution in [0, 0.1) is 5.82 Å². The molecule has 0 saturated heterocycles. The van der Waals surface area contributed by atoms with E-state index in [0.29, 0.717) is 12.1 Å². The summed E-state index contributed by atoms with van der Waals surface area (Å²) in [5.74, 6) is -0.365. The summed E-state index contributed by atoms with van der Waals surface area (Å²) in [7, 11) is 0. The predicted octanol–water partition coefficient (Wildman–Crippen LogP) is 0.0828. The van der Waals surface area contributed by atoms with Crippen LogP contribution in [0.2, 0.25) is 0 Å². The molecule has 0 fully saturated rings. The quantitative estimate of drug-likeness (QED) is 0.675. The summed E-state index contributed by atoms with van der Waals surface area (Å²) < 4.78 is 12.4. The van der Waals surface area contributed by atoms with Gasteiger partial charge in [-0.15, -0.1) is 0 Å². The summed E-state index contributed by atoms with van der Waals surface area (Å²) in [6, 6.07) is 2.57. The average molecular weight is 170 g/mol. The first kappa shape index (κ1) is 9.09. The summed E-state index contributed by atoms with van der Waals surface area (Å²) >= 11 is 0. The number of nitrogens with two attached hydrogens (primary N) is 1. The minimum atomic E-state index is -0.365. The van der Waals surface area contributed by atoms with E-state index in [1.165, 1.54) is 6.07 Å². The van der Waals surface area contributed by atoms with Crippen LogP contribution in [0.4, 0.5) is 4.39 Å². The number of pyridine rings is 1. The predicted molar refractivity (Wildman–Crippen MR) is 43.0 cm³/mol. The molecule has 1 heterocycles. The van der Waals surface area contributed by atoms with E-state index < -0.39 is 0 Å². The van der Waals surface area contributed by atoms with Gasteiger partial charge in [-0.2, -0.15) is 0 Å². The van der Waals surface area contributed by atoms with E-state index in [1.54, 1.807) is 6.07 Å². The van der Waals surface area contributed by atoms with Gasteiger partial charge in [-0.3, -0.25) is 4.98 Å². The second-order valence-electron chi connectivity index (χ2n) is 2.61. The monoisotopic (exact) mass is 170 g/mol. The molecular formula is C8H11FN2O. The van der Waals surface area contributed by atoms with Gasteiger partial charge < -0.3 is 10.8 Å². The van der Waals surface area contributed by atoms with Crippen LogP contribution in [0.1, 0.15) is 5.69 Å². The van der Waals surface area contributed by atoms with Gasteiger partial charge in [-0.05, 0) is 12.1 Å². The zero-order valence-electron chi connectivity index (χ0n) is 6.57. The maximum atomic E-state index is 12.4. The van der Waals surface area contributed by atoms with E-state index in [4.69, 9.17) is 10.8 Å². The SMILES string of the molecule is NC(CO)Cc1ccc(F)cn1. The summed E-state index contributed by atoms with van der Waals surface area (Å²) in [5.41, 5.74) is 6.15. The Hall–Kier alpha value is -1.00. The number of halogens is 1. The fourth-order valence-corrected chi connectivity index (χ4v) is 0.860. The molecule has 1 aromatic heterocycles. The van der Waals surface area contributed by atoms with E-state index in [2.05, 4.69) is 4.98 Å². The lowest BCUT2D eigenvalue weighted by Gasteiger charge is -2.05. The lowest BCUT2D eigenvalue weighted by atomic mass is 10.1. The van der Waals surface area contributed by atoms with Crippen molar-refractivity contribution in [2.75, 3.05) is 6.61 Å². The zero-order valence-corrected chi connectivity index (χ0v) is 6.57. The maximum absolute atomic E-state index is 12.4. The molecule has 0 saturated carbocycles. The van der Waals surface area contributed by atoms with Crippen LogP contribution in [0.25, 0.3) is 0 Å². The molecule has 0 amide bonds. The minimum Gasteiger partial charge on any atom is -0.395 e. The standard InChI is InChI=1S/C8H11FN2O/c9-6-1-2-8(11-4-6)3-7(10)5-12/h1-2,4,7,12H,3,5,10H2. The van der Waals surface area contributed by atoms with Gasteiger partial charge in [0.15, 0.2) is 0 Å². The molecule has 0 aliphatic rings. The lowest BCUT2D eigenvalue weighted by Crippen LogP contribution is -2.27. The molecule has 0 spiro atoms. The van der Waals surface area contributed by atoms with Crippen molar-refractivity contribution in [3.63, 3.8) is 0 Å². The number of aliphatic hydroxyl groups is 1. The van der Waals surface area contributed by atoms with Gasteiger partial charge in [0.2, 0.25) is 0 Å². The number of rotatable bonds is 3. The Balaban J connectivity index is 2.58. The molecule has 4 heteroatoms. The third-order valence-corrected chi connectivity index (χ3v) is 1.49. The highest BCUT2D eigenvalue weighted by Gasteiger charge is 2.02. The fraction of sp³-hybridized carbons (Fsp3) is 0.375. The molecule has 0 aromatic carbocycles. The van der Waals surface area contributed by atoms with E-state index >= 15 is 0 Å². The molecule has 66 valence electrons. The first-order valence-corrected chi connectivity index (χ1v) is 3.69. The number of aromatic nitrogens is 1. The maximum Gasteiger partial charge on any atom is 0.141 e. The number of hydrogen-bond donors (Lipinski definition) is 2. The van der Waals surface area contributed by atoms with Crippen molar-refractivity contribution in [2.24, 2.45) is 5.73 Å². The fourth-order valence-electron chi connectivity index (χ4n) is 0.860. The van der Waals surface area contributed by atoms with Crippen molar-refractivity contribution < 1.29 is 9.50 Å². The van der Waals surface area contributed by atoms with Crippen molar-refractivity contribution >= 4 is 0 Å². The van der Waals surface area contributed by atoms with E-state index in [0.717, 1.165) is 6.20 Å². The molecule has 12 heavy (non-hydrogen) atoms. The van der Waals surface area contributed by atoms with Crippen LogP contribution in [0.15, 0.2) is 18.3 Å². The van der Waals surface area contributed by atoms with Crippen molar-refractivity contribution in [1.29, 1.82) is 0 Å². The van der Waals surface area contributed by atoms with Gasteiger partial charge in [-0.25, -0.2) is 4.39 Å². The molecular weight excluding hydrogens is 159 g/mol. The molecule has 0 aliphatic heterocycles. The van der Waals surface area contributed by atoms with E-state index in [1.807, 2.05) is 0 Å². The van der Waals surface area contributed by atoms with E-state index in [-0.39, 0.29) is 18.5 Å². The largest absolute Gasteiger partial charge is 0.395 e. The highest BCUT2D eigenvalue weighted by Crippen LogP contribution is 2.00. The molecule has 0 bridgehead atoms. The van der Waals surface area contributed by atoms with Crippen LogP contribution in [0.3, 0.4) is 0 Å². The van der Waals surface area contributed by atoms with Crippen molar-refractivity contribution in [3.05, 3.63) is 29.8 Å². The van der Waals surface area contributed by atoms with Crippen molar-refractivity contribution in [3.8, 4) is 0 Å². The summed E-state index contributed by atoms with van der Waals surface area (Å²) in [4.78, 5) is 3.80. The molecule has 1 unspecified atom stereocenters. The van der Waals surface area contributed by atoms with Gasteiger partial charge in [0.05, 0.1) is 12.8 Å². The number of hydrogen-bond acceptors (Lipinski definition) is 3. The molecule has 0 radical (unpaired) electrons. The Kier molecular flexibility index (Phi) is 3.13. The Labute approximate surface area is 70.0 Å². The van der Waals surface area contributed by atoms with Gasteiger partial charge in [0.1, 0.15) is 5.82 Å². The Morgan fingerprint density at radius 3 is 2.83 bits per heavy atom. The Morgan fingerprint density at radius 1 is 1.58 bits per heavy atom. The highest BCUT2D eigenvalue weighted by molar-refractivity contribution is 5.06. The number of nitrogens with zero attached hydrogens (tertiary/aromatic N) is 1. The molecule has 1 aromatic rings. The molecule has 1 atom stereocenters. The van der Waals surface area contributed by atoms with Crippen LogP contribution < -0.4 is 5.73 Å². The first-order valence-electron chi connectivity index (χ1n) is 3.69. The van der Waals surface area contributed by atoms with Gasteiger partial charge >= 0.3 is 0 Å². The van der Waals surface area contributed by atoms with Crippen molar-refractivity contribution in [1.82, 2.24) is 4.98 Å². The summed E-state index contributed by atoms with van der Waals surface area (Å²) in [6.45, 7) is -0.0843. The molecule has 1 rings (SSSR count). The summed E-state index contributed by atoms with van der Waals surface area (Å²) in [5, 5.41) is 8.62. The van der Waals surface area contributed by atoms with Gasteiger partial charge in [0, 0.05) is 18.2 Å². The van der Waals surface area contributed by atoms with Crippen LogP contribution in [-0.2, 0) is 6.42 Å². The second-order valence-corrected chi connectivity index (χ2v) is 2.61. The summed E-state index contributed by atoms with van der Waals surface area (Å²) in [6.07, 6.45) is 1.61. The molecule has 3 nitrogen and oxygen atoms in total. The molecule has 3 N–H and O–H groups in total. The van der Waals surface area contributed by atoms with Crippen LogP contribution >= 0.6 is 0 Å². The lowest BCUT2D eigenvalue weighted by molar-refractivity contribution is 0.264. The third-order valence-electron chi connectivity index (χ3n) is 1.49. The highest BCUT2D eigenvalue weighted by atomic mass is 19.1. The van der Waals surface area contributed by atoms with E-state index in [9.17, 15) is 4.39 Å². The zero-order chi connectivity index (χ0) is 8.97. The minimum absolute atomic E-state index is 0.0843. The normalized spacial score (nSPS) is 12.9. The molecule has 0 aliphatic carbocycles. The van der Waals surface area contributed by atoms with Crippen molar-refractivity contribution in [2.45, 2.75) is 12.5 Å². The van der Waals surface area contributed by atoms with Gasteiger partial charge in [-0.1, -0.05) is 0 Å². The number of aliphatic hydroxyl groups excluding tert-OH is 1. The first-order chi connectivity index (χ1) is 5.72. The Bertz CT molecular complexity index is 237.